The van der Waals surface area contributed by atoms with Crippen molar-refractivity contribution in [1.82, 2.24) is 0 Å². The van der Waals surface area contributed by atoms with Crippen LogP contribution in [0, 0.1) is 11.3 Å². The first kappa shape index (κ1) is 17.6. The van der Waals surface area contributed by atoms with Gasteiger partial charge in [-0.05, 0) is 48.0 Å². The topological polar surface area (TPSA) is 72.5 Å². The summed E-state index contributed by atoms with van der Waals surface area (Å²) < 4.78 is 16.1. The summed E-state index contributed by atoms with van der Waals surface area (Å²) in [4.78, 5) is 12.3. The minimum absolute atomic E-state index is 0.0693. The largest absolute Gasteiger partial charge is 0.493 e. The van der Waals surface area contributed by atoms with Crippen molar-refractivity contribution in [2.24, 2.45) is 0 Å². The van der Waals surface area contributed by atoms with Crippen molar-refractivity contribution in [2.45, 2.75) is 0 Å². The van der Waals surface area contributed by atoms with Crippen LogP contribution in [0.4, 0.5) is 0 Å². The van der Waals surface area contributed by atoms with Crippen LogP contribution in [0.3, 0.4) is 0 Å². The van der Waals surface area contributed by atoms with E-state index in [0.717, 1.165) is 10.9 Å². The average Bonchev–Trinajstić information content (AvgIpc) is 3.07. The van der Waals surface area contributed by atoms with Crippen molar-refractivity contribution >= 4 is 34.4 Å². The first-order chi connectivity index (χ1) is 12.6. The summed E-state index contributed by atoms with van der Waals surface area (Å²) in [5.74, 6) is 0.917. The normalized spacial score (nSPS) is 10.8. The smallest absolute Gasteiger partial charge is 0.221 e. The number of fused-ring (bicyclic) bond motifs is 1. The van der Waals surface area contributed by atoms with E-state index in [9.17, 15) is 4.79 Å². The van der Waals surface area contributed by atoms with Crippen LogP contribution in [0.1, 0.15) is 16.1 Å². The van der Waals surface area contributed by atoms with Gasteiger partial charge in [-0.15, -0.1) is 0 Å². The number of hydrogen-bond donors (Lipinski definition) is 0. The lowest BCUT2D eigenvalue weighted by Crippen LogP contribution is -1.97. The third-order valence-electron chi connectivity index (χ3n) is 3.63. The maximum absolute atomic E-state index is 12.3. The first-order valence-corrected chi connectivity index (χ1v) is 8.08. The van der Waals surface area contributed by atoms with E-state index in [1.54, 1.807) is 48.5 Å². The van der Waals surface area contributed by atoms with E-state index in [-0.39, 0.29) is 18.2 Å². The van der Waals surface area contributed by atoms with E-state index in [2.05, 4.69) is 0 Å². The lowest BCUT2D eigenvalue weighted by molar-refractivity contribution is 0.102. The Morgan fingerprint density at radius 3 is 2.85 bits per heavy atom. The van der Waals surface area contributed by atoms with Crippen molar-refractivity contribution < 1.29 is 18.7 Å². The van der Waals surface area contributed by atoms with Crippen molar-refractivity contribution in [2.75, 3.05) is 13.7 Å². The molecule has 3 aromatic rings. The molecule has 1 aromatic heterocycles. The molecule has 0 aliphatic heterocycles. The molecule has 0 aliphatic rings. The number of rotatable bonds is 6. The highest BCUT2D eigenvalue weighted by atomic mass is 35.5. The summed E-state index contributed by atoms with van der Waals surface area (Å²) in [5.41, 5.74) is 1.35. The van der Waals surface area contributed by atoms with Gasteiger partial charge in [-0.25, -0.2) is 0 Å². The highest BCUT2D eigenvalue weighted by Crippen LogP contribution is 2.29. The lowest BCUT2D eigenvalue weighted by atomic mass is 10.1. The summed E-state index contributed by atoms with van der Waals surface area (Å²) in [7, 11) is 1.51. The summed E-state index contributed by atoms with van der Waals surface area (Å²) >= 11 is 5.94. The number of nitriles is 1. The fraction of sp³-hybridized carbons (Fsp3) is 0.100. The van der Waals surface area contributed by atoms with Crippen LogP contribution in [0.5, 0.6) is 11.5 Å². The lowest BCUT2D eigenvalue weighted by Gasteiger charge is -2.08. The molecule has 0 aliphatic carbocycles. The molecule has 0 fully saturated rings. The number of ketones is 1. The summed E-state index contributed by atoms with van der Waals surface area (Å²) in [6.07, 6.45) is 3.07. The Labute approximate surface area is 155 Å². The number of nitrogens with zero attached hydrogens (tertiary/aromatic N) is 1. The van der Waals surface area contributed by atoms with Crippen LogP contribution < -0.4 is 9.47 Å². The van der Waals surface area contributed by atoms with E-state index in [1.165, 1.54) is 13.2 Å². The summed E-state index contributed by atoms with van der Waals surface area (Å²) in [5, 5.41) is 9.94. The monoisotopic (exact) mass is 367 g/mol. The van der Waals surface area contributed by atoms with Gasteiger partial charge in [0.2, 0.25) is 5.78 Å². The SMILES string of the molecule is COc1cc(/C=C/C(=O)c2cc3cc(Cl)ccc3o2)ccc1OCC#N. The molecule has 0 bridgehead atoms. The number of furan rings is 1. The van der Waals surface area contributed by atoms with Crippen molar-refractivity contribution in [1.29, 1.82) is 5.26 Å². The maximum Gasteiger partial charge on any atom is 0.221 e. The number of allylic oxidation sites excluding steroid dienone is 1. The Morgan fingerprint density at radius 2 is 2.08 bits per heavy atom. The molecule has 0 saturated heterocycles. The van der Waals surface area contributed by atoms with Gasteiger partial charge in [0.15, 0.2) is 23.9 Å². The Bertz CT molecular complexity index is 1030. The van der Waals surface area contributed by atoms with Crippen molar-refractivity contribution in [3.8, 4) is 17.6 Å². The van der Waals surface area contributed by atoms with E-state index in [1.807, 2.05) is 6.07 Å². The molecule has 3 rings (SSSR count). The van der Waals surface area contributed by atoms with Gasteiger partial charge in [-0.2, -0.15) is 5.26 Å². The van der Waals surface area contributed by atoms with Gasteiger partial charge in [0.1, 0.15) is 11.7 Å². The molecule has 0 atom stereocenters. The number of carbonyl (C=O) groups excluding carboxylic acids is 1. The molecule has 0 saturated carbocycles. The Hall–Kier alpha value is -3.23. The molecule has 6 heteroatoms. The summed E-state index contributed by atoms with van der Waals surface area (Å²) in [6, 6.07) is 13.9. The van der Waals surface area contributed by atoms with Crippen LogP contribution in [0.2, 0.25) is 5.02 Å². The molecule has 1 heterocycles. The van der Waals surface area contributed by atoms with Gasteiger partial charge in [-0.3, -0.25) is 4.79 Å². The predicted octanol–water partition coefficient (Wildman–Crippen LogP) is 4.89. The van der Waals surface area contributed by atoms with Gasteiger partial charge >= 0.3 is 0 Å². The van der Waals surface area contributed by atoms with E-state index in [4.69, 9.17) is 30.8 Å². The molecule has 0 spiro atoms. The second-order valence-corrected chi connectivity index (χ2v) is 5.78. The molecule has 2 aromatic carbocycles. The van der Waals surface area contributed by atoms with E-state index >= 15 is 0 Å². The fourth-order valence-electron chi connectivity index (χ4n) is 2.41. The standard InChI is InChI=1S/C20H14ClNO4/c1-24-20-10-13(3-6-18(20)25-9-8-22)2-5-16(23)19-12-14-11-15(21)4-7-17(14)26-19/h2-7,10-12H,9H2,1H3/b5-2+. The van der Waals surface area contributed by atoms with Crippen molar-refractivity contribution in [3.05, 3.63) is 64.9 Å². The van der Waals surface area contributed by atoms with Gasteiger partial charge in [-0.1, -0.05) is 23.7 Å². The Kier molecular flexibility index (Phi) is 5.26. The first-order valence-electron chi connectivity index (χ1n) is 7.70. The van der Waals surface area contributed by atoms with Gasteiger partial charge in [0.05, 0.1) is 7.11 Å². The molecule has 0 unspecified atom stereocenters. The predicted molar refractivity (Wildman–Crippen MR) is 98.7 cm³/mol. The zero-order valence-corrected chi connectivity index (χ0v) is 14.6. The van der Waals surface area contributed by atoms with Crippen LogP contribution >= 0.6 is 11.6 Å². The maximum atomic E-state index is 12.3. The molecule has 0 N–H and O–H groups in total. The number of ether oxygens (including phenoxy) is 2. The molecule has 0 amide bonds. The zero-order valence-electron chi connectivity index (χ0n) is 13.9. The van der Waals surface area contributed by atoms with Gasteiger partial charge < -0.3 is 13.9 Å². The van der Waals surface area contributed by atoms with Gasteiger partial charge in [0, 0.05) is 10.4 Å². The van der Waals surface area contributed by atoms with Crippen LogP contribution in [0.15, 0.2) is 53.0 Å². The number of halogens is 1. The fourth-order valence-corrected chi connectivity index (χ4v) is 2.59. The number of hydrogen-bond acceptors (Lipinski definition) is 5. The highest BCUT2D eigenvalue weighted by molar-refractivity contribution is 6.31. The molecule has 26 heavy (non-hydrogen) atoms. The second-order valence-electron chi connectivity index (χ2n) is 5.35. The number of methoxy groups -OCH3 is 1. The third kappa shape index (κ3) is 3.88. The molecule has 0 radical (unpaired) electrons. The number of benzene rings is 2. The molecular weight excluding hydrogens is 354 g/mol. The van der Waals surface area contributed by atoms with Gasteiger partial charge in [0.25, 0.3) is 0 Å². The molecule has 5 nitrogen and oxygen atoms in total. The van der Waals surface area contributed by atoms with Crippen LogP contribution in [-0.4, -0.2) is 19.5 Å². The minimum atomic E-state index is -0.263. The molecular formula is C20H14ClNO4. The molecule has 130 valence electrons. The van der Waals surface area contributed by atoms with Crippen LogP contribution in [-0.2, 0) is 0 Å². The average molecular weight is 368 g/mol. The van der Waals surface area contributed by atoms with E-state index in [0.29, 0.717) is 22.1 Å². The summed E-state index contributed by atoms with van der Waals surface area (Å²) in [6.45, 7) is -0.0693. The Balaban J connectivity index is 1.79. The Morgan fingerprint density at radius 1 is 1.23 bits per heavy atom. The third-order valence-corrected chi connectivity index (χ3v) is 3.86. The zero-order chi connectivity index (χ0) is 18.5. The number of carbonyl (C=O) groups is 1. The second kappa shape index (κ2) is 7.77. The van der Waals surface area contributed by atoms with Crippen LogP contribution in [0.25, 0.3) is 17.0 Å². The minimum Gasteiger partial charge on any atom is -0.493 e. The van der Waals surface area contributed by atoms with Crippen molar-refractivity contribution in [3.63, 3.8) is 0 Å². The quantitative estimate of drug-likeness (QED) is 0.458. The highest BCUT2D eigenvalue weighted by Gasteiger charge is 2.10. The van der Waals surface area contributed by atoms with E-state index < -0.39 is 0 Å².